The zero-order chi connectivity index (χ0) is 16.1. The highest BCUT2D eigenvalue weighted by Crippen LogP contribution is 2.23. The van der Waals surface area contributed by atoms with Crippen LogP contribution >= 0.6 is 0 Å². The third-order valence-corrected chi connectivity index (χ3v) is 4.05. The van der Waals surface area contributed by atoms with Crippen molar-refractivity contribution in [2.24, 2.45) is 0 Å². The van der Waals surface area contributed by atoms with Crippen LogP contribution < -0.4 is 4.74 Å². The lowest BCUT2D eigenvalue weighted by atomic mass is 10.0. The van der Waals surface area contributed by atoms with E-state index in [1.54, 1.807) is 0 Å². The number of hydrogen-bond acceptors (Lipinski definition) is 4. The van der Waals surface area contributed by atoms with Crippen LogP contribution in [-0.4, -0.2) is 61.5 Å². The van der Waals surface area contributed by atoms with Gasteiger partial charge in [0, 0.05) is 39.1 Å². The molecular formula is C18H28N2O2. The Labute approximate surface area is 134 Å². The molecule has 1 fully saturated rings. The second-order valence-corrected chi connectivity index (χ2v) is 6.48. The van der Waals surface area contributed by atoms with E-state index in [1.807, 2.05) is 39.0 Å². The molecule has 1 aromatic rings. The van der Waals surface area contributed by atoms with Crippen molar-refractivity contribution in [2.75, 3.05) is 39.8 Å². The van der Waals surface area contributed by atoms with E-state index >= 15 is 0 Å². The zero-order valence-electron chi connectivity index (χ0n) is 14.3. The highest BCUT2D eigenvalue weighted by atomic mass is 16.5. The van der Waals surface area contributed by atoms with E-state index in [9.17, 15) is 4.79 Å². The Kier molecular flexibility index (Phi) is 5.98. The maximum Gasteiger partial charge on any atom is 0.167 e. The van der Waals surface area contributed by atoms with Gasteiger partial charge >= 0.3 is 0 Å². The average molecular weight is 304 g/mol. The van der Waals surface area contributed by atoms with Gasteiger partial charge in [-0.2, -0.15) is 0 Å². The monoisotopic (exact) mass is 304 g/mol. The third kappa shape index (κ3) is 4.82. The van der Waals surface area contributed by atoms with Crippen LogP contribution in [0.1, 0.15) is 36.2 Å². The van der Waals surface area contributed by atoms with Crippen LogP contribution in [0.15, 0.2) is 18.2 Å². The smallest absolute Gasteiger partial charge is 0.167 e. The number of ether oxygens (including phenoxy) is 1. The molecule has 0 N–H and O–H groups in total. The molecule has 0 aromatic heterocycles. The van der Waals surface area contributed by atoms with Gasteiger partial charge in [-0.15, -0.1) is 0 Å². The molecule has 0 radical (unpaired) electrons. The Morgan fingerprint density at radius 3 is 2.55 bits per heavy atom. The van der Waals surface area contributed by atoms with Gasteiger partial charge in [-0.25, -0.2) is 0 Å². The molecule has 0 atom stereocenters. The van der Waals surface area contributed by atoms with Gasteiger partial charge in [0.05, 0.1) is 11.7 Å². The minimum atomic E-state index is 0.0758. The Hall–Kier alpha value is -1.39. The summed E-state index contributed by atoms with van der Waals surface area (Å²) in [6, 6.07) is 5.86. The van der Waals surface area contributed by atoms with Crippen molar-refractivity contribution in [3.05, 3.63) is 29.3 Å². The zero-order valence-corrected chi connectivity index (χ0v) is 14.3. The predicted molar refractivity (Wildman–Crippen MR) is 89.8 cm³/mol. The van der Waals surface area contributed by atoms with Crippen molar-refractivity contribution in [3.63, 3.8) is 0 Å². The van der Waals surface area contributed by atoms with E-state index in [-0.39, 0.29) is 11.9 Å². The summed E-state index contributed by atoms with van der Waals surface area (Å²) in [7, 11) is 2.14. The number of rotatable bonds is 6. The summed E-state index contributed by atoms with van der Waals surface area (Å²) < 4.78 is 5.79. The summed E-state index contributed by atoms with van der Waals surface area (Å²) >= 11 is 0. The van der Waals surface area contributed by atoms with Crippen molar-refractivity contribution in [2.45, 2.75) is 33.3 Å². The van der Waals surface area contributed by atoms with Crippen LogP contribution in [0.25, 0.3) is 0 Å². The Morgan fingerprint density at radius 2 is 1.91 bits per heavy atom. The minimum Gasteiger partial charge on any atom is -0.490 e. The SMILES string of the molecule is Cc1ccc(OC(C)C)c(C(=O)CCN2CCN(C)CC2)c1. The molecule has 1 saturated heterocycles. The number of benzene rings is 1. The normalized spacial score (nSPS) is 17.0. The molecule has 4 heteroatoms. The van der Waals surface area contributed by atoms with Crippen molar-refractivity contribution in [1.82, 2.24) is 9.80 Å². The average Bonchev–Trinajstić information content (AvgIpc) is 2.48. The van der Waals surface area contributed by atoms with Gasteiger partial charge in [0.2, 0.25) is 0 Å². The number of likely N-dealkylation sites (N-methyl/N-ethyl adjacent to an activating group) is 1. The molecule has 0 spiro atoms. The van der Waals surface area contributed by atoms with E-state index in [2.05, 4.69) is 16.8 Å². The number of nitrogens with zero attached hydrogens (tertiary/aromatic N) is 2. The van der Waals surface area contributed by atoms with Crippen LogP contribution in [0, 0.1) is 6.92 Å². The molecule has 1 aromatic carbocycles. The summed E-state index contributed by atoms with van der Waals surface area (Å²) in [5.74, 6) is 0.891. The van der Waals surface area contributed by atoms with Crippen molar-refractivity contribution in [3.8, 4) is 5.75 Å². The maximum atomic E-state index is 12.6. The lowest BCUT2D eigenvalue weighted by molar-refractivity contribution is 0.0936. The quantitative estimate of drug-likeness (QED) is 0.756. The number of carbonyl (C=O) groups is 1. The molecule has 122 valence electrons. The third-order valence-electron chi connectivity index (χ3n) is 4.05. The second-order valence-electron chi connectivity index (χ2n) is 6.48. The number of carbonyl (C=O) groups excluding carboxylic acids is 1. The number of piperazine rings is 1. The molecule has 0 bridgehead atoms. The molecular weight excluding hydrogens is 276 g/mol. The largest absolute Gasteiger partial charge is 0.490 e. The van der Waals surface area contributed by atoms with Gasteiger partial charge in [0.15, 0.2) is 5.78 Å². The molecule has 0 unspecified atom stereocenters. The van der Waals surface area contributed by atoms with E-state index in [4.69, 9.17) is 4.74 Å². The summed E-state index contributed by atoms with van der Waals surface area (Å²) in [6.07, 6.45) is 0.633. The number of aryl methyl sites for hydroxylation is 1. The predicted octanol–water partition coefficient (Wildman–Crippen LogP) is 2.60. The highest BCUT2D eigenvalue weighted by molar-refractivity contribution is 5.99. The van der Waals surface area contributed by atoms with Crippen LogP contribution in [0.4, 0.5) is 0 Å². The van der Waals surface area contributed by atoms with Gasteiger partial charge < -0.3 is 14.5 Å². The summed E-state index contributed by atoms with van der Waals surface area (Å²) in [5.41, 5.74) is 1.82. The lowest BCUT2D eigenvalue weighted by Gasteiger charge is -2.32. The first kappa shape index (κ1) is 17.0. The topological polar surface area (TPSA) is 32.8 Å². The first-order valence-corrected chi connectivity index (χ1v) is 8.17. The van der Waals surface area contributed by atoms with Crippen LogP contribution in [-0.2, 0) is 0 Å². The maximum absolute atomic E-state index is 12.6. The fourth-order valence-electron chi connectivity index (χ4n) is 2.68. The first-order chi connectivity index (χ1) is 10.5. The van der Waals surface area contributed by atoms with Gasteiger partial charge in [-0.05, 0) is 40.0 Å². The summed E-state index contributed by atoms with van der Waals surface area (Å²) in [5, 5.41) is 0. The van der Waals surface area contributed by atoms with Crippen molar-refractivity contribution in [1.29, 1.82) is 0 Å². The molecule has 4 nitrogen and oxygen atoms in total. The van der Waals surface area contributed by atoms with Crippen molar-refractivity contribution >= 4 is 5.78 Å². The Morgan fingerprint density at radius 1 is 1.23 bits per heavy atom. The van der Waals surface area contributed by atoms with Crippen LogP contribution in [0.5, 0.6) is 5.75 Å². The van der Waals surface area contributed by atoms with E-state index in [0.717, 1.165) is 43.9 Å². The first-order valence-electron chi connectivity index (χ1n) is 8.17. The fraction of sp³-hybridized carbons (Fsp3) is 0.611. The van der Waals surface area contributed by atoms with Gasteiger partial charge in [0.25, 0.3) is 0 Å². The summed E-state index contributed by atoms with van der Waals surface area (Å²) in [6.45, 7) is 11.1. The highest BCUT2D eigenvalue weighted by Gasteiger charge is 2.18. The van der Waals surface area contributed by atoms with Crippen LogP contribution in [0.2, 0.25) is 0 Å². The number of hydrogen-bond donors (Lipinski definition) is 0. The van der Waals surface area contributed by atoms with E-state index in [1.165, 1.54) is 0 Å². The number of ketones is 1. The Bertz CT molecular complexity index is 506. The molecule has 1 aliphatic rings. The van der Waals surface area contributed by atoms with Gasteiger partial charge in [-0.1, -0.05) is 11.6 Å². The van der Waals surface area contributed by atoms with Crippen molar-refractivity contribution < 1.29 is 9.53 Å². The fourth-order valence-corrected chi connectivity index (χ4v) is 2.68. The molecule has 2 rings (SSSR count). The van der Waals surface area contributed by atoms with Crippen LogP contribution in [0.3, 0.4) is 0 Å². The second kappa shape index (κ2) is 7.75. The lowest BCUT2D eigenvalue weighted by Crippen LogP contribution is -2.45. The summed E-state index contributed by atoms with van der Waals surface area (Å²) in [4.78, 5) is 17.3. The molecule has 1 heterocycles. The Balaban J connectivity index is 1.98. The van der Waals surface area contributed by atoms with Gasteiger partial charge in [0.1, 0.15) is 5.75 Å². The molecule has 0 saturated carbocycles. The standard InChI is InChI=1S/C18H28N2O2/c1-14(2)22-18-6-5-15(3)13-16(18)17(21)7-8-20-11-9-19(4)10-12-20/h5-6,13-14H,7-12H2,1-4H3. The van der Waals surface area contributed by atoms with E-state index in [0.29, 0.717) is 12.2 Å². The van der Waals surface area contributed by atoms with E-state index < -0.39 is 0 Å². The number of Topliss-reactive ketones (excluding diaryl/α,β-unsaturated/α-hetero) is 1. The minimum absolute atomic E-state index is 0.0758. The molecule has 22 heavy (non-hydrogen) atoms. The molecule has 0 aliphatic carbocycles. The molecule has 0 amide bonds. The molecule has 1 aliphatic heterocycles. The van der Waals surface area contributed by atoms with Gasteiger partial charge in [-0.3, -0.25) is 4.79 Å².